The van der Waals surface area contributed by atoms with E-state index >= 15 is 0 Å². The molecule has 11 rings (SSSR count). The fraction of sp³-hybridized carbons (Fsp3) is 0.0566. The Bertz CT molecular complexity index is 3150. The number of hydrogen-bond donors (Lipinski definition) is 0. The molecule has 0 saturated carbocycles. The monoisotopic (exact) mass is 715 g/mol. The summed E-state index contributed by atoms with van der Waals surface area (Å²) in [7, 11) is 0. The summed E-state index contributed by atoms with van der Waals surface area (Å²) in [5.41, 5.74) is 17.5. The number of aromatic nitrogens is 3. The van der Waals surface area contributed by atoms with Crippen LogP contribution in [0.2, 0.25) is 0 Å². The Kier molecular flexibility index (Phi) is 7.20. The first-order valence-corrected chi connectivity index (χ1v) is 19.3. The molecule has 3 heteroatoms. The molecule has 8 aromatic carbocycles. The molecule has 0 amide bonds. The molecule has 10 aromatic rings. The Labute approximate surface area is 326 Å². The van der Waals surface area contributed by atoms with E-state index in [2.05, 4.69) is 206 Å². The Morgan fingerprint density at radius 1 is 0.411 bits per heavy atom. The fourth-order valence-corrected chi connectivity index (χ4v) is 9.15. The van der Waals surface area contributed by atoms with Gasteiger partial charge in [-0.15, -0.1) is 0 Å². The Morgan fingerprint density at radius 3 is 1.86 bits per heavy atom. The lowest BCUT2D eigenvalue weighted by molar-refractivity contribution is 0.660. The summed E-state index contributed by atoms with van der Waals surface area (Å²) in [6.45, 7) is 4.69. The average Bonchev–Trinajstić information content (AvgIpc) is 3.72. The van der Waals surface area contributed by atoms with Crippen LogP contribution in [0.15, 0.2) is 188 Å². The Balaban J connectivity index is 1.18. The molecule has 56 heavy (non-hydrogen) atoms. The normalized spacial score (nSPS) is 13.0. The maximum absolute atomic E-state index is 5.42. The molecule has 3 nitrogen and oxygen atoms in total. The van der Waals surface area contributed by atoms with Gasteiger partial charge in [-0.25, -0.2) is 9.97 Å². The van der Waals surface area contributed by atoms with E-state index in [-0.39, 0.29) is 5.41 Å². The number of benzene rings is 8. The summed E-state index contributed by atoms with van der Waals surface area (Å²) in [5.74, 6) is 0.651. The van der Waals surface area contributed by atoms with E-state index in [1.165, 1.54) is 44.5 Å². The first kappa shape index (κ1) is 32.3. The largest absolute Gasteiger partial charge is 0.277 e. The number of rotatable bonds is 5. The van der Waals surface area contributed by atoms with Crippen molar-refractivity contribution in [1.82, 2.24) is 14.5 Å². The number of nitrogens with zero attached hydrogens (tertiary/aromatic N) is 3. The zero-order valence-corrected chi connectivity index (χ0v) is 31.2. The minimum absolute atomic E-state index is 0.0663. The summed E-state index contributed by atoms with van der Waals surface area (Å²) in [6, 6.07) is 67.7. The highest BCUT2D eigenvalue weighted by molar-refractivity contribution is 6.15. The number of fused-ring (bicyclic) bond motifs is 7. The Morgan fingerprint density at radius 2 is 1.02 bits per heavy atom. The van der Waals surface area contributed by atoms with E-state index in [1.807, 2.05) is 0 Å². The van der Waals surface area contributed by atoms with E-state index in [0.717, 1.165) is 55.1 Å². The van der Waals surface area contributed by atoms with Gasteiger partial charge in [-0.1, -0.05) is 178 Å². The van der Waals surface area contributed by atoms with Crippen LogP contribution in [0.4, 0.5) is 0 Å². The van der Waals surface area contributed by atoms with Crippen molar-refractivity contribution in [3.05, 3.63) is 199 Å². The molecule has 0 N–H and O–H groups in total. The van der Waals surface area contributed by atoms with Crippen LogP contribution in [0, 0.1) is 0 Å². The van der Waals surface area contributed by atoms with Gasteiger partial charge in [-0.05, 0) is 74.3 Å². The lowest BCUT2D eigenvalue weighted by Gasteiger charge is -2.21. The van der Waals surface area contributed by atoms with Crippen LogP contribution in [0.25, 0.3) is 94.4 Å². The SMILES string of the molecule is CC1(C)c2ccccc2-c2c(-c3cccc(-c4cccc5c6cc(-c7ccccc7)ccc6n(-c6nc(-c7ccccc7)c7ccccc7n6)c45)c3)cccc21. The van der Waals surface area contributed by atoms with Crippen LogP contribution in [0.3, 0.4) is 0 Å². The molecule has 2 aromatic heterocycles. The van der Waals surface area contributed by atoms with Gasteiger partial charge in [0.15, 0.2) is 0 Å². The first-order valence-electron chi connectivity index (χ1n) is 19.3. The predicted molar refractivity (Wildman–Crippen MR) is 233 cm³/mol. The third kappa shape index (κ3) is 4.91. The van der Waals surface area contributed by atoms with E-state index < -0.39 is 0 Å². The molecular formula is C53H37N3. The van der Waals surface area contributed by atoms with Crippen LogP contribution < -0.4 is 0 Å². The highest BCUT2D eigenvalue weighted by atomic mass is 15.2. The van der Waals surface area contributed by atoms with Gasteiger partial charge >= 0.3 is 0 Å². The predicted octanol–water partition coefficient (Wildman–Crippen LogP) is 13.7. The van der Waals surface area contributed by atoms with Crippen molar-refractivity contribution in [2.45, 2.75) is 19.3 Å². The van der Waals surface area contributed by atoms with E-state index in [9.17, 15) is 0 Å². The van der Waals surface area contributed by atoms with Gasteiger partial charge in [0.05, 0.1) is 22.2 Å². The second-order valence-corrected chi connectivity index (χ2v) is 15.4. The van der Waals surface area contributed by atoms with Gasteiger partial charge in [0.1, 0.15) is 0 Å². The van der Waals surface area contributed by atoms with Crippen molar-refractivity contribution >= 4 is 32.7 Å². The lowest BCUT2D eigenvalue weighted by atomic mass is 9.82. The van der Waals surface area contributed by atoms with Crippen LogP contribution in [0.5, 0.6) is 0 Å². The topological polar surface area (TPSA) is 30.7 Å². The summed E-state index contributed by atoms with van der Waals surface area (Å²) >= 11 is 0. The van der Waals surface area contributed by atoms with Crippen molar-refractivity contribution in [1.29, 1.82) is 0 Å². The average molecular weight is 716 g/mol. The van der Waals surface area contributed by atoms with Crippen LogP contribution in [-0.4, -0.2) is 14.5 Å². The molecule has 0 atom stereocenters. The summed E-state index contributed by atoms with van der Waals surface area (Å²) in [5, 5.41) is 3.36. The van der Waals surface area contributed by atoms with Crippen molar-refractivity contribution in [3.8, 4) is 61.7 Å². The Hall–Kier alpha value is -7.10. The maximum atomic E-state index is 5.42. The fourth-order valence-electron chi connectivity index (χ4n) is 9.15. The van der Waals surface area contributed by atoms with Gasteiger partial charge in [0.25, 0.3) is 0 Å². The van der Waals surface area contributed by atoms with Gasteiger partial charge in [0.2, 0.25) is 5.95 Å². The molecule has 2 heterocycles. The third-order valence-electron chi connectivity index (χ3n) is 11.8. The second-order valence-electron chi connectivity index (χ2n) is 15.4. The molecular weight excluding hydrogens is 679 g/mol. The van der Waals surface area contributed by atoms with Crippen LogP contribution in [-0.2, 0) is 5.41 Å². The maximum Gasteiger partial charge on any atom is 0.235 e. The first-order chi connectivity index (χ1) is 27.5. The van der Waals surface area contributed by atoms with Crippen molar-refractivity contribution < 1.29 is 0 Å². The third-order valence-corrected chi connectivity index (χ3v) is 11.8. The zero-order chi connectivity index (χ0) is 37.4. The quantitative estimate of drug-likeness (QED) is 0.178. The second kappa shape index (κ2) is 12.5. The summed E-state index contributed by atoms with van der Waals surface area (Å²) in [6.07, 6.45) is 0. The number of para-hydroxylation sites is 2. The van der Waals surface area contributed by atoms with Crippen LogP contribution >= 0.6 is 0 Å². The molecule has 0 spiro atoms. The minimum atomic E-state index is -0.0663. The molecule has 264 valence electrons. The van der Waals surface area contributed by atoms with E-state index in [4.69, 9.17) is 9.97 Å². The molecule has 0 fully saturated rings. The molecule has 1 aliphatic carbocycles. The summed E-state index contributed by atoms with van der Waals surface area (Å²) < 4.78 is 2.29. The smallest absolute Gasteiger partial charge is 0.235 e. The van der Waals surface area contributed by atoms with Crippen molar-refractivity contribution in [2.75, 3.05) is 0 Å². The summed E-state index contributed by atoms with van der Waals surface area (Å²) in [4.78, 5) is 10.7. The lowest BCUT2D eigenvalue weighted by Crippen LogP contribution is -2.14. The molecule has 1 aliphatic rings. The molecule has 0 bridgehead atoms. The van der Waals surface area contributed by atoms with Gasteiger partial charge < -0.3 is 0 Å². The van der Waals surface area contributed by atoms with Crippen molar-refractivity contribution in [2.24, 2.45) is 0 Å². The van der Waals surface area contributed by atoms with Gasteiger partial charge in [-0.2, -0.15) is 0 Å². The minimum Gasteiger partial charge on any atom is -0.277 e. The molecule has 0 aliphatic heterocycles. The van der Waals surface area contributed by atoms with Crippen LogP contribution in [0.1, 0.15) is 25.0 Å². The molecule has 0 saturated heterocycles. The van der Waals surface area contributed by atoms with Crippen molar-refractivity contribution in [3.63, 3.8) is 0 Å². The zero-order valence-electron chi connectivity index (χ0n) is 31.2. The number of hydrogen-bond acceptors (Lipinski definition) is 2. The standard InChI is InChI=1S/C53H37N3/c1-53(2)45-27-11-9-22-42(45)49-39(24-15-28-46(49)53)37-20-13-21-38(32-37)40-25-14-26-41-44-33-36(34-16-5-3-6-17-34)30-31-48(44)56(51(40)41)52-54-47-29-12-10-23-43(47)50(55-52)35-18-7-4-8-19-35/h3-33H,1-2H3. The van der Waals surface area contributed by atoms with Gasteiger partial charge in [0, 0.05) is 32.7 Å². The highest BCUT2D eigenvalue weighted by Crippen LogP contribution is 2.52. The van der Waals surface area contributed by atoms with E-state index in [1.54, 1.807) is 0 Å². The molecule has 0 radical (unpaired) electrons. The molecule has 0 unspecified atom stereocenters. The van der Waals surface area contributed by atoms with Gasteiger partial charge in [-0.3, -0.25) is 4.57 Å². The van der Waals surface area contributed by atoms with E-state index in [0.29, 0.717) is 5.95 Å². The highest BCUT2D eigenvalue weighted by Gasteiger charge is 2.36.